The Morgan fingerprint density at radius 1 is 1.13 bits per heavy atom. The summed E-state index contributed by atoms with van der Waals surface area (Å²) in [7, 11) is 0. The minimum atomic E-state index is -1.15. The summed E-state index contributed by atoms with van der Waals surface area (Å²) in [5.74, 6) is -1.52. The highest BCUT2D eigenvalue weighted by Crippen LogP contribution is 2.21. The molecule has 118 valence electrons. The Hall–Kier alpha value is -2.59. The van der Waals surface area contributed by atoms with Gasteiger partial charge in [0.25, 0.3) is 5.91 Å². The molecule has 23 heavy (non-hydrogen) atoms. The van der Waals surface area contributed by atoms with Gasteiger partial charge >= 0.3 is 5.97 Å². The smallest absolute Gasteiger partial charge is 0.337 e. The molecule has 0 heterocycles. The zero-order valence-electron chi connectivity index (χ0n) is 12.8. The van der Waals surface area contributed by atoms with Crippen LogP contribution in [0.3, 0.4) is 0 Å². The average molecular weight is 330 g/mol. The molecule has 2 rings (SSSR count). The maximum absolute atomic E-state index is 12.2. The van der Waals surface area contributed by atoms with E-state index >= 15 is 0 Å². The van der Waals surface area contributed by atoms with Crippen LogP contribution in [0.15, 0.2) is 48.0 Å². The largest absolute Gasteiger partial charge is 0.478 e. The van der Waals surface area contributed by atoms with Crippen molar-refractivity contribution in [1.29, 1.82) is 0 Å². The molecular formula is C18H16ClNO3. The first-order chi connectivity index (χ1) is 10.9. The molecule has 2 N–H and O–H groups in total. The number of carboxylic acid groups (broad SMARTS) is 1. The Balaban J connectivity index is 2.21. The number of nitrogens with one attached hydrogen (secondary N) is 1. The van der Waals surface area contributed by atoms with Crippen LogP contribution < -0.4 is 5.32 Å². The molecule has 0 saturated heterocycles. The van der Waals surface area contributed by atoms with Gasteiger partial charge in [-0.15, -0.1) is 0 Å². The zero-order valence-corrected chi connectivity index (χ0v) is 13.5. The first-order valence-corrected chi connectivity index (χ1v) is 7.34. The summed E-state index contributed by atoms with van der Waals surface area (Å²) in [5, 5.41) is 12.1. The van der Waals surface area contributed by atoms with Gasteiger partial charge in [-0.25, -0.2) is 4.79 Å². The Kier molecular flexibility index (Phi) is 5.19. The molecule has 0 radical (unpaired) electrons. The van der Waals surface area contributed by atoms with E-state index in [4.69, 9.17) is 11.6 Å². The molecule has 4 nitrogen and oxygen atoms in total. The van der Waals surface area contributed by atoms with E-state index in [1.807, 2.05) is 31.2 Å². The third kappa shape index (κ3) is 4.44. The number of carbonyl (C=O) groups is 2. The average Bonchev–Trinajstić information content (AvgIpc) is 2.51. The number of hydrogen-bond donors (Lipinski definition) is 2. The van der Waals surface area contributed by atoms with Gasteiger partial charge in [0, 0.05) is 10.6 Å². The number of carboxylic acids is 1. The summed E-state index contributed by atoms with van der Waals surface area (Å²) >= 11 is 5.79. The van der Waals surface area contributed by atoms with E-state index in [1.54, 1.807) is 13.0 Å². The van der Waals surface area contributed by atoms with Gasteiger partial charge in [0.1, 0.15) is 0 Å². The van der Waals surface area contributed by atoms with Gasteiger partial charge < -0.3 is 10.4 Å². The van der Waals surface area contributed by atoms with E-state index in [9.17, 15) is 14.7 Å². The monoisotopic (exact) mass is 329 g/mol. The SMILES string of the molecule is C/C(=C\c1ccc(C)cc1)C(=O)Nc1ccc(Cl)cc1C(=O)O. The van der Waals surface area contributed by atoms with E-state index in [1.165, 1.54) is 18.2 Å². The van der Waals surface area contributed by atoms with Crippen molar-refractivity contribution in [3.05, 3.63) is 69.8 Å². The van der Waals surface area contributed by atoms with Crippen molar-refractivity contribution >= 4 is 35.2 Å². The second-order valence-corrected chi connectivity index (χ2v) is 5.62. The van der Waals surface area contributed by atoms with Gasteiger partial charge in [-0.2, -0.15) is 0 Å². The maximum atomic E-state index is 12.2. The van der Waals surface area contributed by atoms with Crippen LogP contribution in [-0.4, -0.2) is 17.0 Å². The molecule has 0 fully saturated rings. The van der Waals surface area contributed by atoms with E-state index in [0.717, 1.165) is 11.1 Å². The van der Waals surface area contributed by atoms with Gasteiger partial charge in [0.2, 0.25) is 0 Å². The van der Waals surface area contributed by atoms with Gasteiger partial charge in [0.05, 0.1) is 11.3 Å². The van der Waals surface area contributed by atoms with Gasteiger partial charge in [0.15, 0.2) is 0 Å². The molecular weight excluding hydrogens is 314 g/mol. The number of halogens is 1. The number of benzene rings is 2. The molecule has 0 spiro atoms. The fraction of sp³-hybridized carbons (Fsp3) is 0.111. The van der Waals surface area contributed by atoms with E-state index in [0.29, 0.717) is 10.6 Å². The van der Waals surface area contributed by atoms with Crippen LogP contribution in [-0.2, 0) is 4.79 Å². The Labute approximate surface area is 139 Å². The second-order valence-electron chi connectivity index (χ2n) is 5.19. The number of anilines is 1. The molecule has 0 aliphatic carbocycles. The minimum absolute atomic E-state index is 0.0472. The third-order valence-corrected chi connectivity index (χ3v) is 3.51. The molecule has 0 aliphatic rings. The number of amides is 1. The molecule has 0 unspecified atom stereocenters. The van der Waals surface area contributed by atoms with E-state index < -0.39 is 5.97 Å². The molecule has 2 aromatic rings. The molecule has 0 aliphatic heterocycles. The van der Waals surface area contributed by atoms with Gasteiger partial charge in [-0.05, 0) is 43.7 Å². The van der Waals surface area contributed by atoms with Crippen LogP contribution in [0.25, 0.3) is 6.08 Å². The van der Waals surface area contributed by atoms with Crippen LogP contribution in [0.1, 0.15) is 28.4 Å². The lowest BCUT2D eigenvalue weighted by atomic mass is 10.1. The standard InChI is InChI=1S/C18H16ClNO3/c1-11-3-5-13(6-4-11)9-12(2)17(21)20-16-8-7-14(19)10-15(16)18(22)23/h3-10H,1-2H3,(H,20,21)(H,22,23)/b12-9+. The summed E-state index contributed by atoms with van der Waals surface area (Å²) in [5.41, 5.74) is 2.67. The maximum Gasteiger partial charge on any atom is 0.337 e. The molecule has 5 heteroatoms. The predicted octanol–water partition coefficient (Wildman–Crippen LogP) is 4.39. The fourth-order valence-electron chi connectivity index (χ4n) is 2.00. The molecule has 0 bridgehead atoms. The number of aromatic carboxylic acids is 1. The normalized spacial score (nSPS) is 11.2. The number of hydrogen-bond acceptors (Lipinski definition) is 2. The van der Waals surface area contributed by atoms with Crippen LogP contribution in [0.5, 0.6) is 0 Å². The van der Waals surface area contributed by atoms with Crippen molar-refractivity contribution in [3.8, 4) is 0 Å². The second kappa shape index (κ2) is 7.11. The lowest BCUT2D eigenvalue weighted by Crippen LogP contribution is -2.15. The number of aryl methyl sites for hydroxylation is 1. The van der Waals surface area contributed by atoms with Crippen molar-refractivity contribution in [1.82, 2.24) is 0 Å². The molecule has 0 aromatic heterocycles. The predicted molar refractivity (Wildman–Crippen MR) is 91.9 cm³/mol. The summed E-state index contributed by atoms with van der Waals surface area (Å²) in [4.78, 5) is 23.5. The fourth-order valence-corrected chi connectivity index (χ4v) is 2.17. The van der Waals surface area contributed by atoms with Gasteiger partial charge in [-0.3, -0.25) is 4.79 Å². The van der Waals surface area contributed by atoms with E-state index in [-0.39, 0.29) is 17.2 Å². The Morgan fingerprint density at radius 3 is 2.39 bits per heavy atom. The summed E-state index contributed by atoms with van der Waals surface area (Å²) in [6.45, 7) is 3.66. The minimum Gasteiger partial charge on any atom is -0.478 e. The lowest BCUT2D eigenvalue weighted by molar-refractivity contribution is -0.112. The third-order valence-electron chi connectivity index (χ3n) is 3.28. The highest BCUT2D eigenvalue weighted by Gasteiger charge is 2.14. The van der Waals surface area contributed by atoms with Crippen molar-refractivity contribution in [2.45, 2.75) is 13.8 Å². The van der Waals surface area contributed by atoms with Gasteiger partial charge in [-0.1, -0.05) is 41.4 Å². The van der Waals surface area contributed by atoms with Crippen LogP contribution in [0.4, 0.5) is 5.69 Å². The first-order valence-electron chi connectivity index (χ1n) is 6.96. The van der Waals surface area contributed by atoms with Crippen molar-refractivity contribution in [2.75, 3.05) is 5.32 Å². The van der Waals surface area contributed by atoms with Crippen LogP contribution in [0.2, 0.25) is 5.02 Å². The van der Waals surface area contributed by atoms with Crippen molar-refractivity contribution < 1.29 is 14.7 Å². The van der Waals surface area contributed by atoms with E-state index in [2.05, 4.69) is 5.32 Å². The molecule has 1 amide bonds. The summed E-state index contributed by atoms with van der Waals surface area (Å²) < 4.78 is 0. The lowest BCUT2D eigenvalue weighted by Gasteiger charge is -2.09. The summed E-state index contributed by atoms with van der Waals surface area (Å²) in [6, 6.07) is 12.1. The van der Waals surface area contributed by atoms with Crippen LogP contribution in [0, 0.1) is 6.92 Å². The number of rotatable bonds is 4. The Bertz CT molecular complexity index is 779. The highest BCUT2D eigenvalue weighted by atomic mass is 35.5. The summed E-state index contributed by atoms with van der Waals surface area (Å²) in [6.07, 6.45) is 1.74. The van der Waals surface area contributed by atoms with Crippen molar-refractivity contribution in [2.24, 2.45) is 0 Å². The number of carbonyl (C=O) groups excluding carboxylic acids is 1. The quantitative estimate of drug-likeness (QED) is 0.817. The first kappa shape index (κ1) is 16.8. The topological polar surface area (TPSA) is 66.4 Å². The molecule has 0 saturated carbocycles. The molecule has 2 aromatic carbocycles. The molecule has 0 atom stereocenters. The van der Waals surface area contributed by atoms with Crippen molar-refractivity contribution in [3.63, 3.8) is 0 Å². The van der Waals surface area contributed by atoms with Crippen LogP contribution >= 0.6 is 11.6 Å². The zero-order chi connectivity index (χ0) is 17.0. The highest BCUT2D eigenvalue weighted by molar-refractivity contribution is 6.31. The Morgan fingerprint density at radius 2 is 1.78 bits per heavy atom.